The molecule has 0 unspecified atom stereocenters. The number of ether oxygens (including phenoxy) is 1. The highest BCUT2D eigenvalue weighted by Gasteiger charge is 2.07. The van der Waals surface area contributed by atoms with Gasteiger partial charge in [0.25, 0.3) is 5.91 Å². The molecule has 0 atom stereocenters. The first-order chi connectivity index (χ1) is 12.0. The number of aryl methyl sites for hydroxylation is 2. The summed E-state index contributed by atoms with van der Waals surface area (Å²) in [7, 11) is 0. The second kappa shape index (κ2) is 9.26. The van der Waals surface area contributed by atoms with Crippen molar-refractivity contribution in [1.82, 2.24) is 5.32 Å². The number of benzene rings is 2. The SMILES string of the molecule is CCc1ccc(CC)c(CNC(=O)COc2ccc(C(C)C)cc2)c1. The number of rotatable bonds is 8. The van der Waals surface area contributed by atoms with Crippen LogP contribution in [0.2, 0.25) is 0 Å². The molecule has 2 aromatic carbocycles. The average molecular weight is 339 g/mol. The molecule has 1 amide bonds. The summed E-state index contributed by atoms with van der Waals surface area (Å²) in [5.41, 5.74) is 5.03. The fraction of sp³-hybridized carbons (Fsp3) is 0.409. The molecule has 1 N–H and O–H groups in total. The van der Waals surface area contributed by atoms with E-state index in [1.54, 1.807) is 0 Å². The van der Waals surface area contributed by atoms with E-state index in [9.17, 15) is 4.79 Å². The van der Waals surface area contributed by atoms with Gasteiger partial charge in [-0.15, -0.1) is 0 Å². The van der Waals surface area contributed by atoms with Crippen molar-refractivity contribution in [1.29, 1.82) is 0 Å². The monoisotopic (exact) mass is 339 g/mol. The van der Waals surface area contributed by atoms with Gasteiger partial charge in [0.15, 0.2) is 6.61 Å². The standard InChI is InChI=1S/C22H29NO2/c1-5-17-7-8-18(6-2)20(13-17)14-23-22(24)15-25-21-11-9-19(10-12-21)16(3)4/h7-13,16H,5-6,14-15H2,1-4H3,(H,23,24). The van der Waals surface area contributed by atoms with Gasteiger partial charge in [0.05, 0.1) is 0 Å². The summed E-state index contributed by atoms with van der Waals surface area (Å²) in [5, 5.41) is 2.96. The molecule has 0 aromatic heterocycles. The van der Waals surface area contributed by atoms with Gasteiger partial charge in [-0.3, -0.25) is 4.79 Å². The Balaban J connectivity index is 1.86. The van der Waals surface area contributed by atoms with Crippen LogP contribution < -0.4 is 10.1 Å². The van der Waals surface area contributed by atoms with Crippen molar-refractivity contribution in [3.05, 3.63) is 64.7 Å². The van der Waals surface area contributed by atoms with E-state index in [2.05, 4.69) is 51.2 Å². The summed E-state index contributed by atoms with van der Waals surface area (Å²) in [6.45, 7) is 9.17. The van der Waals surface area contributed by atoms with Gasteiger partial charge in [0.2, 0.25) is 0 Å². The van der Waals surface area contributed by atoms with Crippen molar-refractivity contribution in [2.75, 3.05) is 6.61 Å². The van der Waals surface area contributed by atoms with Crippen molar-refractivity contribution < 1.29 is 9.53 Å². The molecule has 3 nitrogen and oxygen atoms in total. The van der Waals surface area contributed by atoms with E-state index in [0.717, 1.165) is 18.6 Å². The van der Waals surface area contributed by atoms with Gasteiger partial charge in [-0.05, 0) is 53.1 Å². The molecule has 0 bridgehead atoms. The second-order valence-corrected chi connectivity index (χ2v) is 6.60. The van der Waals surface area contributed by atoms with Crippen LogP contribution in [0.1, 0.15) is 55.9 Å². The van der Waals surface area contributed by atoms with Crippen molar-refractivity contribution in [2.45, 2.75) is 53.0 Å². The second-order valence-electron chi connectivity index (χ2n) is 6.60. The molecule has 25 heavy (non-hydrogen) atoms. The summed E-state index contributed by atoms with van der Waals surface area (Å²) in [6, 6.07) is 14.4. The normalized spacial score (nSPS) is 10.8. The maximum absolute atomic E-state index is 12.1. The highest BCUT2D eigenvalue weighted by molar-refractivity contribution is 5.77. The van der Waals surface area contributed by atoms with Crippen molar-refractivity contribution in [3.8, 4) is 5.75 Å². The zero-order chi connectivity index (χ0) is 18.2. The third kappa shape index (κ3) is 5.63. The smallest absolute Gasteiger partial charge is 0.258 e. The van der Waals surface area contributed by atoms with Gasteiger partial charge in [0.1, 0.15) is 5.75 Å². The van der Waals surface area contributed by atoms with Crippen LogP contribution in [-0.2, 0) is 24.2 Å². The van der Waals surface area contributed by atoms with Gasteiger partial charge in [-0.25, -0.2) is 0 Å². The first kappa shape index (κ1) is 19.0. The van der Waals surface area contributed by atoms with Gasteiger partial charge in [-0.1, -0.05) is 58.0 Å². The van der Waals surface area contributed by atoms with Crippen LogP contribution in [-0.4, -0.2) is 12.5 Å². The molecule has 134 valence electrons. The first-order valence-corrected chi connectivity index (χ1v) is 9.13. The number of amides is 1. The quantitative estimate of drug-likeness (QED) is 0.761. The Morgan fingerprint density at radius 2 is 1.72 bits per heavy atom. The van der Waals surface area contributed by atoms with Gasteiger partial charge >= 0.3 is 0 Å². The molecule has 0 saturated carbocycles. The minimum atomic E-state index is -0.100. The highest BCUT2D eigenvalue weighted by Crippen LogP contribution is 2.18. The van der Waals surface area contributed by atoms with E-state index < -0.39 is 0 Å². The molecule has 2 rings (SSSR count). The Morgan fingerprint density at radius 1 is 1.00 bits per heavy atom. The van der Waals surface area contributed by atoms with Gasteiger partial charge < -0.3 is 10.1 Å². The maximum atomic E-state index is 12.1. The third-order valence-corrected chi connectivity index (χ3v) is 4.45. The zero-order valence-electron chi connectivity index (χ0n) is 15.8. The van der Waals surface area contributed by atoms with Crippen LogP contribution in [0.25, 0.3) is 0 Å². The predicted octanol–water partition coefficient (Wildman–Crippen LogP) is 4.63. The molecule has 0 saturated heterocycles. The summed E-state index contributed by atoms with van der Waals surface area (Å²) in [5.74, 6) is 1.11. The van der Waals surface area contributed by atoms with Crippen LogP contribution >= 0.6 is 0 Å². The average Bonchev–Trinajstić information content (AvgIpc) is 2.64. The van der Waals surface area contributed by atoms with Crippen LogP contribution in [0.15, 0.2) is 42.5 Å². The fourth-order valence-corrected chi connectivity index (χ4v) is 2.75. The predicted molar refractivity (Wildman–Crippen MR) is 103 cm³/mol. The van der Waals surface area contributed by atoms with E-state index >= 15 is 0 Å². The molecular weight excluding hydrogens is 310 g/mol. The van der Waals surface area contributed by atoms with E-state index in [1.807, 2.05) is 24.3 Å². The molecule has 3 heteroatoms. The fourth-order valence-electron chi connectivity index (χ4n) is 2.75. The van der Waals surface area contributed by atoms with Gasteiger partial charge in [0, 0.05) is 6.54 Å². The molecule has 0 aliphatic heterocycles. The lowest BCUT2D eigenvalue weighted by atomic mass is 10.0. The van der Waals surface area contributed by atoms with E-state index in [4.69, 9.17) is 4.74 Å². The van der Waals surface area contributed by atoms with E-state index in [-0.39, 0.29) is 12.5 Å². The lowest BCUT2D eigenvalue weighted by Gasteiger charge is -2.12. The Morgan fingerprint density at radius 3 is 2.32 bits per heavy atom. The first-order valence-electron chi connectivity index (χ1n) is 9.13. The van der Waals surface area contributed by atoms with Crippen LogP contribution in [0.5, 0.6) is 5.75 Å². The molecule has 0 aliphatic carbocycles. The number of carbonyl (C=O) groups is 1. The van der Waals surface area contributed by atoms with Gasteiger partial charge in [-0.2, -0.15) is 0 Å². The van der Waals surface area contributed by atoms with Crippen molar-refractivity contribution in [2.24, 2.45) is 0 Å². The summed E-state index contributed by atoms with van der Waals surface area (Å²) >= 11 is 0. The third-order valence-electron chi connectivity index (χ3n) is 4.45. The zero-order valence-corrected chi connectivity index (χ0v) is 15.8. The highest BCUT2D eigenvalue weighted by atomic mass is 16.5. The number of hydrogen-bond acceptors (Lipinski definition) is 2. The number of hydrogen-bond donors (Lipinski definition) is 1. The Labute approximate surface area is 151 Å². The lowest BCUT2D eigenvalue weighted by molar-refractivity contribution is -0.123. The Kier molecular flexibility index (Phi) is 7.05. The van der Waals surface area contributed by atoms with Crippen LogP contribution in [0.3, 0.4) is 0 Å². The largest absolute Gasteiger partial charge is 0.484 e. The molecule has 0 fully saturated rings. The molecule has 0 spiro atoms. The van der Waals surface area contributed by atoms with Crippen LogP contribution in [0, 0.1) is 0 Å². The van der Waals surface area contributed by atoms with E-state index in [1.165, 1.54) is 22.3 Å². The molecule has 0 radical (unpaired) electrons. The van der Waals surface area contributed by atoms with E-state index in [0.29, 0.717) is 12.5 Å². The molecule has 2 aromatic rings. The number of carbonyl (C=O) groups excluding carboxylic acids is 1. The van der Waals surface area contributed by atoms with Crippen LogP contribution in [0.4, 0.5) is 0 Å². The number of nitrogens with one attached hydrogen (secondary N) is 1. The Bertz CT molecular complexity index is 690. The maximum Gasteiger partial charge on any atom is 0.258 e. The van der Waals surface area contributed by atoms with Crippen molar-refractivity contribution >= 4 is 5.91 Å². The lowest BCUT2D eigenvalue weighted by Crippen LogP contribution is -2.28. The molecule has 0 aliphatic rings. The topological polar surface area (TPSA) is 38.3 Å². The van der Waals surface area contributed by atoms with Crippen molar-refractivity contribution in [3.63, 3.8) is 0 Å². The summed E-state index contributed by atoms with van der Waals surface area (Å²) in [6.07, 6.45) is 1.97. The summed E-state index contributed by atoms with van der Waals surface area (Å²) in [4.78, 5) is 12.1. The minimum absolute atomic E-state index is 0.0377. The summed E-state index contributed by atoms with van der Waals surface area (Å²) < 4.78 is 5.58. The molecular formula is C22H29NO2. The Hall–Kier alpha value is -2.29. The molecule has 0 heterocycles. The minimum Gasteiger partial charge on any atom is -0.484 e.